The largest absolute Gasteiger partial charge is 0.496 e. The van der Waals surface area contributed by atoms with Crippen LogP contribution in [0.25, 0.3) is 0 Å². The zero-order valence-corrected chi connectivity index (χ0v) is 12.4. The van der Waals surface area contributed by atoms with E-state index in [1.165, 1.54) is 18.2 Å². The lowest BCUT2D eigenvalue weighted by Gasteiger charge is -2.16. The van der Waals surface area contributed by atoms with Crippen LogP contribution in [-0.4, -0.2) is 26.2 Å². The summed E-state index contributed by atoms with van der Waals surface area (Å²) in [5.41, 5.74) is 10.4. The highest BCUT2D eigenvalue weighted by molar-refractivity contribution is 5.75. The normalized spacial score (nSPS) is 12.1. The van der Waals surface area contributed by atoms with Gasteiger partial charge in [0.25, 0.3) is 0 Å². The van der Waals surface area contributed by atoms with Gasteiger partial charge in [0.1, 0.15) is 11.8 Å². The van der Waals surface area contributed by atoms with Crippen molar-refractivity contribution in [1.82, 2.24) is 0 Å². The number of benzene rings is 1. The van der Waals surface area contributed by atoms with Crippen molar-refractivity contribution in [2.24, 2.45) is 5.73 Å². The number of carbonyl (C=O) groups excluding carboxylic acids is 1. The van der Waals surface area contributed by atoms with Gasteiger partial charge in [-0.05, 0) is 55.9 Å². The molecular formula is C15H23NO3. The second kappa shape index (κ2) is 6.57. The summed E-state index contributed by atoms with van der Waals surface area (Å²) in [6, 6.07) is 1.54. The first-order valence-corrected chi connectivity index (χ1v) is 6.39. The van der Waals surface area contributed by atoms with Crippen LogP contribution in [0.15, 0.2) is 6.07 Å². The number of nitrogens with two attached hydrogens (primary N) is 1. The average Bonchev–Trinajstić information content (AvgIpc) is 2.40. The van der Waals surface area contributed by atoms with Crippen LogP contribution in [0, 0.1) is 20.8 Å². The molecule has 0 bridgehead atoms. The lowest BCUT2D eigenvalue weighted by Crippen LogP contribution is -2.32. The van der Waals surface area contributed by atoms with Crippen molar-refractivity contribution >= 4 is 5.97 Å². The number of esters is 1. The minimum atomic E-state index is -0.563. The topological polar surface area (TPSA) is 61.5 Å². The highest BCUT2D eigenvalue weighted by Crippen LogP contribution is 2.29. The van der Waals surface area contributed by atoms with Crippen LogP contribution >= 0.6 is 0 Å². The van der Waals surface area contributed by atoms with Crippen molar-refractivity contribution in [3.8, 4) is 5.75 Å². The van der Waals surface area contributed by atoms with E-state index in [1.54, 1.807) is 7.11 Å². The maximum atomic E-state index is 11.3. The molecule has 1 rings (SSSR count). The molecule has 0 radical (unpaired) electrons. The van der Waals surface area contributed by atoms with E-state index in [1.807, 2.05) is 13.8 Å². The van der Waals surface area contributed by atoms with Crippen molar-refractivity contribution in [2.75, 3.05) is 14.2 Å². The Hall–Kier alpha value is -1.55. The van der Waals surface area contributed by atoms with Crippen molar-refractivity contribution in [3.63, 3.8) is 0 Å². The van der Waals surface area contributed by atoms with Gasteiger partial charge in [-0.2, -0.15) is 0 Å². The van der Waals surface area contributed by atoms with Gasteiger partial charge < -0.3 is 15.2 Å². The molecule has 0 spiro atoms. The summed E-state index contributed by atoms with van der Waals surface area (Å²) >= 11 is 0. The second-order valence-electron chi connectivity index (χ2n) is 4.80. The first-order chi connectivity index (χ1) is 8.92. The first-order valence-electron chi connectivity index (χ1n) is 6.39. The lowest BCUT2D eigenvalue weighted by molar-refractivity contribution is -0.142. The number of carbonyl (C=O) groups is 1. The molecule has 19 heavy (non-hydrogen) atoms. The van der Waals surface area contributed by atoms with Crippen molar-refractivity contribution in [3.05, 3.63) is 28.3 Å². The standard InChI is InChI=1S/C15H23NO3/c1-9-8-12(6-7-13(16)15(17)19-5)10(2)11(3)14(9)18-4/h8,13H,6-7,16H2,1-5H3. The number of rotatable bonds is 5. The van der Waals surface area contributed by atoms with E-state index in [-0.39, 0.29) is 5.97 Å². The number of ether oxygens (including phenoxy) is 2. The van der Waals surface area contributed by atoms with E-state index >= 15 is 0 Å². The van der Waals surface area contributed by atoms with E-state index in [4.69, 9.17) is 10.5 Å². The zero-order chi connectivity index (χ0) is 14.6. The third-order valence-corrected chi connectivity index (χ3v) is 3.57. The van der Waals surface area contributed by atoms with Crippen molar-refractivity contribution in [2.45, 2.75) is 39.7 Å². The fraction of sp³-hybridized carbons (Fsp3) is 0.533. The molecule has 0 aliphatic heterocycles. The van der Waals surface area contributed by atoms with Crippen LogP contribution in [0.3, 0.4) is 0 Å². The summed E-state index contributed by atoms with van der Waals surface area (Å²) in [6.45, 7) is 6.14. The SMILES string of the molecule is COC(=O)C(N)CCc1cc(C)c(OC)c(C)c1C. The molecule has 4 heteroatoms. The highest BCUT2D eigenvalue weighted by Gasteiger charge is 2.16. The molecule has 1 atom stereocenters. The Bertz CT molecular complexity index is 469. The Kier molecular flexibility index (Phi) is 5.36. The molecule has 0 aromatic heterocycles. The molecule has 0 aliphatic carbocycles. The number of hydrogen-bond donors (Lipinski definition) is 1. The van der Waals surface area contributed by atoms with Gasteiger partial charge in [0, 0.05) is 0 Å². The third kappa shape index (κ3) is 3.47. The summed E-state index contributed by atoms with van der Waals surface area (Å²) < 4.78 is 10.0. The van der Waals surface area contributed by atoms with E-state index in [0.29, 0.717) is 6.42 Å². The van der Waals surface area contributed by atoms with Gasteiger partial charge in [0.2, 0.25) is 0 Å². The van der Waals surface area contributed by atoms with Crippen molar-refractivity contribution < 1.29 is 14.3 Å². The summed E-state index contributed by atoms with van der Waals surface area (Å²) in [6.07, 6.45) is 1.34. The molecule has 0 aliphatic rings. The van der Waals surface area contributed by atoms with Crippen LogP contribution in [0.4, 0.5) is 0 Å². The predicted molar refractivity (Wildman–Crippen MR) is 75.5 cm³/mol. The predicted octanol–water partition coefficient (Wildman–Crippen LogP) is 2.05. The fourth-order valence-corrected chi connectivity index (χ4v) is 2.30. The smallest absolute Gasteiger partial charge is 0.322 e. The molecular weight excluding hydrogens is 242 g/mol. The maximum Gasteiger partial charge on any atom is 0.322 e. The Balaban J connectivity index is 2.88. The summed E-state index contributed by atoms with van der Waals surface area (Å²) in [7, 11) is 3.04. The lowest BCUT2D eigenvalue weighted by atomic mass is 9.94. The van der Waals surface area contributed by atoms with E-state index in [9.17, 15) is 4.79 Å². The molecule has 0 amide bonds. The van der Waals surface area contributed by atoms with E-state index in [2.05, 4.69) is 17.7 Å². The van der Waals surface area contributed by atoms with Crippen LogP contribution < -0.4 is 10.5 Å². The Labute approximate surface area is 114 Å². The monoisotopic (exact) mass is 265 g/mol. The molecule has 1 unspecified atom stereocenters. The van der Waals surface area contributed by atoms with E-state index < -0.39 is 6.04 Å². The molecule has 1 aromatic rings. The molecule has 0 fully saturated rings. The number of hydrogen-bond acceptors (Lipinski definition) is 4. The van der Waals surface area contributed by atoms with Crippen LogP contribution in [0.1, 0.15) is 28.7 Å². The summed E-state index contributed by atoms with van der Waals surface area (Å²) in [5.74, 6) is 0.568. The Morgan fingerprint density at radius 1 is 1.26 bits per heavy atom. The van der Waals surface area contributed by atoms with E-state index in [0.717, 1.165) is 23.3 Å². The third-order valence-electron chi connectivity index (χ3n) is 3.57. The molecule has 106 valence electrons. The Morgan fingerprint density at radius 3 is 2.42 bits per heavy atom. The molecule has 2 N–H and O–H groups in total. The second-order valence-corrected chi connectivity index (χ2v) is 4.80. The molecule has 0 saturated heterocycles. The fourth-order valence-electron chi connectivity index (χ4n) is 2.30. The molecule has 4 nitrogen and oxygen atoms in total. The zero-order valence-electron chi connectivity index (χ0n) is 12.4. The van der Waals surface area contributed by atoms with Gasteiger partial charge in [-0.3, -0.25) is 4.79 Å². The van der Waals surface area contributed by atoms with Crippen molar-refractivity contribution in [1.29, 1.82) is 0 Å². The number of methoxy groups -OCH3 is 2. The van der Waals surface area contributed by atoms with Gasteiger partial charge in [-0.1, -0.05) is 6.07 Å². The minimum Gasteiger partial charge on any atom is -0.496 e. The first kappa shape index (κ1) is 15.5. The summed E-state index contributed by atoms with van der Waals surface area (Å²) in [4.78, 5) is 11.3. The average molecular weight is 265 g/mol. The Morgan fingerprint density at radius 2 is 1.89 bits per heavy atom. The van der Waals surface area contributed by atoms with Gasteiger partial charge in [0.05, 0.1) is 14.2 Å². The van der Waals surface area contributed by atoms with Gasteiger partial charge in [0.15, 0.2) is 0 Å². The summed E-state index contributed by atoms with van der Waals surface area (Å²) in [5, 5.41) is 0. The highest BCUT2D eigenvalue weighted by atomic mass is 16.5. The van der Waals surface area contributed by atoms with Gasteiger partial charge >= 0.3 is 5.97 Å². The maximum absolute atomic E-state index is 11.3. The van der Waals surface area contributed by atoms with Crippen LogP contribution in [0.2, 0.25) is 0 Å². The van der Waals surface area contributed by atoms with Crippen LogP contribution in [0.5, 0.6) is 5.75 Å². The van der Waals surface area contributed by atoms with Gasteiger partial charge in [-0.25, -0.2) is 0 Å². The molecule has 0 heterocycles. The minimum absolute atomic E-state index is 0.361. The number of aryl methyl sites for hydroxylation is 2. The molecule has 1 aromatic carbocycles. The molecule has 0 saturated carbocycles. The quantitative estimate of drug-likeness (QED) is 0.828. The van der Waals surface area contributed by atoms with Gasteiger partial charge in [-0.15, -0.1) is 0 Å². The van der Waals surface area contributed by atoms with Crippen LogP contribution in [-0.2, 0) is 16.0 Å².